The Morgan fingerprint density at radius 3 is 1.73 bits per heavy atom. The minimum Gasteiger partial charge on any atom is -0.103 e. The van der Waals surface area contributed by atoms with Crippen LogP contribution in [0.25, 0.3) is 0 Å². The third kappa shape index (κ3) is 13.7. The highest BCUT2D eigenvalue weighted by molar-refractivity contribution is 4.65. The molecule has 90 valence electrons. The Hall–Kier alpha value is -0.260. The van der Waals surface area contributed by atoms with Crippen molar-refractivity contribution < 1.29 is 0 Å². The maximum atomic E-state index is 3.74. The second-order valence-electron chi connectivity index (χ2n) is 5.09. The van der Waals surface area contributed by atoms with Crippen LogP contribution in [-0.2, 0) is 0 Å². The molecule has 0 unspecified atom stereocenters. The van der Waals surface area contributed by atoms with Gasteiger partial charge in [-0.2, -0.15) is 0 Å². The monoisotopic (exact) mass is 210 g/mol. The molecule has 0 aliphatic carbocycles. The zero-order valence-electron chi connectivity index (χ0n) is 10.9. The van der Waals surface area contributed by atoms with Crippen LogP contribution in [0.4, 0.5) is 0 Å². The molecule has 0 heteroatoms. The molecule has 0 aromatic heterocycles. The van der Waals surface area contributed by atoms with Crippen molar-refractivity contribution in [2.45, 2.75) is 78.1 Å². The first-order chi connectivity index (χ1) is 7.27. The van der Waals surface area contributed by atoms with Gasteiger partial charge in [-0.05, 0) is 18.8 Å². The van der Waals surface area contributed by atoms with E-state index in [2.05, 4.69) is 20.4 Å². The number of hydrogen-bond acceptors (Lipinski definition) is 0. The third-order valence-corrected chi connectivity index (χ3v) is 2.94. The Kier molecular flexibility index (Phi) is 11.6. The molecule has 0 amide bonds. The van der Waals surface area contributed by atoms with Crippen LogP contribution in [0.2, 0.25) is 0 Å². The van der Waals surface area contributed by atoms with Crippen molar-refractivity contribution in [3.05, 3.63) is 12.7 Å². The van der Waals surface area contributed by atoms with Gasteiger partial charge in [0, 0.05) is 0 Å². The van der Waals surface area contributed by atoms with Gasteiger partial charge < -0.3 is 0 Å². The summed E-state index contributed by atoms with van der Waals surface area (Å²) in [5, 5.41) is 0. The zero-order chi connectivity index (χ0) is 11.4. The lowest BCUT2D eigenvalue weighted by Crippen LogP contribution is -1.87. The standard InChI is InChI=1S/C15H30/c1-4-5-6-7-8-9-10-11-12-13-14-15(2)3/h4,15H,1,5-14H2,2-3H3. The van der Waals surface area contributed by atoms with Crippen LogP contribution in [0.1, 0.15) is 78.1 Å². The normalized spacial score (nSPS) is 10.9. The molecule has 0 aromatic rings. The van der Waals surface area contributed by atoms with E-state index in [9.17, 15) is 0 Å². The van der Waals surface area contributed by atoms with E-state index >= 15 is 0 Å². The van der Waals surface area contributed by atoms with Gasteiger partial charge in [0.05, 0.1) is 0 Å². The Balaban J connectivity index is 2.89. The Morgan fingerprint density at radius 1 is 0.800 bits per heavy atom. The molecule has 0 aromatic carbocycles. The lowest BCUT2D eigenvalue weighted by molar-refractivity contribution is 0.507. The molecule has 0 N–H and O–H groups in total. The average Bonchev–Trinajstić information content (AvgIpc) is 2.20. The summed E-state index contributed by atoms with van der Waals surface area (Å²) in [6.07, 6.45) is 16.1. The van der Waals surface area contributed by atoms with E-state index < -0.39 is 0 Å². The van der Waals surface area contributed by atoms with Gasteiger partial charge in [-0.15, -0.1) is 6.58 Å². The Bertz CT molecular complexity index is 124. The van der Waals surface area contributed by atoms with E-state index in [0.717, 1.165) is 5.92 Å². The molecular formula is C15H30. The predicted molar refractivity (Wildman–Crippen MR) is 71.2 cm³/mol. The number of hydrogen-bond donors (Lipinski definition) is 0. The second kappa shape index (κ2) is 11.8. The molecule has 0 bridgehead atoms. The summed E-state index contributed by atoms with van der Waals surface area (Å²) < 4.78 is 0. The fourth-order valence-electron chi connectivity index (χ4n) is 1.90. The van der Waals surface area contributed by atoms with Crippen LogP contribution in [0.5, 0.6) is 0 Å². The summed E-state index contributed by atoms with van der Waals surface area (Å²) in [6.45, 7) is 8.38. The topological polar surface area (TPSA) is 0 Å². The maximum Gasteiger partial charge on any atom is -0.0353 e. The largest absolute Gasteiger partial charge is 0.103 e. The lowest BCUT2D eigenvalue weighted by Gasteiger charge is -2.04. The van der Waals surface area contributed by atoms with Crippen LogP contribution < -0.4 is 0 Å². The minimum absolute atomic E-state index is 0.893. The van der Waals surface area contributed by atoms with Crippen LogP contribution in [-0.4, -0.2) is 0 Å². The van der Waals surface area contributed by atoms with Gasteiger partial charge >= 0.3 is 0 Å². The lowest BCUT2D eigenvalue weighted by atomic mass is 10.0. The quantitative estimate of drug-likeness (QED) is 0.302. The highest BCUT2D eigenvalue weighted by Gasteiger charge is 1.94. The fourth-order valence-corrected chi connectivity index (χ4v) is 1.90. The van der Waals surface area contributed by atoms with Crippen molar-refractivity contribution in [3.63, 3.8) is 0 Å². The van der Waals surface area contributed by atoms with E-state index in [-0.39, 0.29) is 0 Å². The second-order valence-corrected chi connectivity index (χ2v) is 5.09. The number of rotatable bonds is 11. The van der Waals surface area contributed by atoms with Gasteiger partial charge in [0.2, 0.25) is 0 Å². The summed E-state index contributed by atoms with van der Waals surface area (Å²) in [6, 6.07) is 0. The van der Waals surface area contributed by atoms with Crippen molar-refractivity contribution in [2.75, 3.05) is 0 Å². The van der Waals surface area contributed by atoms with Crippen molar-refractivity contribution in [2.24, 2.45) is 5.92 Å². The van der Waals surface area contributed by atoms with E-state index in [1.165, 1.54) is 64.2 Å². The minimum atomic E-state index is 0.893. The summed E-state index contributed by atoms with van der Waals surface area (Å²) in [5.41, 5.74) is 0. The van der Waals surface area contributed by atoms with Crippen molar-refractivity contribution in [1.29, 1.82) is 0 Å². The SMILES string of the molecule is C=CCCCCCCCCCCC(C)C. The molecule has 0 aliphatic rings. The predicted octanol–water partition coefficient (Wildman–Crippen LogP) is 5.73. The first-order valence-electron chi connectivity index (χ1n) is 6.88. The molecule has 0 spiro atoms. The zero-order valence-corrected chi connectivity index (χ0v) is 10.9. The van der Waals surface area contributed by atoms with Gasteiger partial charge in [0.1, 0.15) is 0 Å². The van der Waals surface area contributed by atoms with Crippen LogP contribution in [0.3, 0.4) is 0 Å². The van der Waals surface area contributed by atoms with Crippen LogP contribution >= 0.6 is 0 Å². The molecule has 0 saturated carbocycles. The molecule has 0 rings (SSSR count). The molecular weight excluding hydrogens is 180 g/mol. The summed E-state index contributed by atoms with van der Waals surface area (Å²) in [4.78, 5) is 0. The first-order valence-corrected chi connectivity index (χ1v) is 6.88. The van der Waals surface area contributed by atoms with E-state index in [1.807, 2.05) is 6.08 Å². The molecule has 0 fully saturated rings. The smallest absolute Gasteiger partial charge is 0.0353 e. The maximum absolute atomic E-state index is 3.74. The number of allylic oxidation sites excluding steroid dienone is 1. The molecule has 0 saturated heterocycles. The van der Waals surface area contributed by atoms with Gasteiger partial charge in [0.25, 0.3) is 0 Å². The van der Waals surface area contributed by atoms with Crippen LogP contribution in [0.15, 0.2) is 12.7 Å². The van der Waals surface area contributed by atoms with Crippen molar-refractivity contribution in [3.8, 4) is 0 Å². The van der Waals surface area contributed by atoms with Gasteiger partial charge in [-0.1, -0.05) is 71.3 Å². The average molecular weight is 210 g/mol. The summed E-state index contributed by atoms with van der Waals surface area (Å²) in [7, 11) is 0. The van der Waals surface area contributed by atoms with E-state index in [4.69, 9.17) is 0 Å². The van der Waals surface area contributed by atoms with Gasteiger partial charge in [0.15, 0.2) is 0 Å². The van der Waals surface area contributed by atoms with Gasteiger partial charge in [-0.3, -0.25) is 0 Å². The fraction of sp³-hybridized carbons (Fsp3) is 0.867. The van der Waals surface area contributed by atoms with Gasteiger partial charge in [-0.25, -0.2) is 0 Å². The molecule has 0 aliphatic heterocycles. The highest BCUT2D eigenvalue weighted by atomic mass is 14.0. The number of unbranched alkanes of at least 4 members (excludes halogenated alkanes) is 8. The molecule has 0 atom stereocenters. The summed E-state index contributed by atoms with van der Waals surface area (Å²) >= 11 is 0. The van der Waals surface area contributed by atoms with E-state index in [1.54, 1.807) is 0 Å². The van der Waals surface area contributed by atoms with Crippen molar-refractivity contribution in [1.82, 2.24) is 0 Å². The molecule has 0 radical (unpaired) electrons. The summed E-state index contributed by atoms with van der Waals surface area (Å²) in [5.74, 6) is 0.893. The first kappa shape index (κ1) is 14.7. The Labute approximate surface area is 97.2 Å². The van der Waals surface area contributed by atoms with Crippen LogP contribution in [0, 0.1) is 5.92 Å². The molecule has 15 heavy (non-hydrogen) atoms. The third-order valence-electron chi connectivity index (χ3n) is 2.94. The highest BCUT2D eigenvalue weighted by Crippen LogP contribution is 2.12. The Morgan fingerprint density at radius 2 is 1.27 bits per heavy atom. The van der Waals surface area contributed by atoms with E-state index in [0.29, 0.717) is 0 Å². The molecule has 0 nitrogen and oxygen atoms in total. The van der Waals surface area contributed by atoms with Crippen molar-refractivity contribution >= 4 is 0 Å². The molecule has 0 heterocycles.